The first-order valence-electron chi connectivity index (χ1n) is 4.50. The van der Waals surface area contributed by atoms with Crippen molar-refractivity contribution in [2.24, 2.45) is 0 Å². The Morgan fingerprint density at radius 3 is 2.57 bits per heavy atom. The molecule has 0 aromatic carbocycles. The van der Waals surface area contributed by atoms with Crippen LogP contribution in [0.1, 0.15) is 33.8 Å². The van der Waals surface area contributed by atoms with E-state index in [1.807, 2.05) is 16.8 Å². The number of nitrogens with zero attached hydrogens (tertiary/aromatic N) is 2. The molecule has 2 heteroatoms. The molecule has 2 heterocycles. The van der Waals surface area contributed by atoms with Gasteiger partial charge in [0.25, 0.3) is 0 Å². The zero-order chi connectivity index (χ0) is 9.47. The Bertz CT molecular complexity index is 421. The van der Waals surface area contributed by atoms with Gasteiger partial charge in [0.2, 0.25) is 0 Å². The van der Waals surface area contributed by atoms with Gasteiger partial charge >= 0.3 is 0 Å². The number of pyridine rings is 1. The van der Waals surface area contributed by atoms with Crippen LogP contribution in [0.15, 0.2) is 30.7 Å². The lowest BCUT2D eigenvalue weighted by Gasteiger charge is -2.18. The Morgan fingerprint density at radius 2 is 1.93 bits per heavy atom. The second-order valence-electron chi connectivity index (χ2n) is 4.36. The summed E-state index contributed by atoms with van der Waals surface area (Å²) in [6, 6.07) is 4.29. The van der Waals surface area contributed by atoms with Gasteiger partial charge in [0.05, 0.1) is 0 Å². The van der Waals surface area contributed by atoms with Gasteiger partial charge in [-0.3, -0.25) is 0 Å². The lowest BCUT2D eigenvalue weighted by Crippen LogP contribution is -2.11. The molecule has 2 rings (SSSR count). The maximum atomic E-state index is 4.26. The predicted molar refractivity (Wildman–Crippen MR) is 60.6 cm³/mol. The normalized spacial score (nSPS) is 11.4. The highest BCUT2D eigenvalue weighted by Crippen LogP contribution is 2.22. The third kappa shape index (κ3) is 1.79. The Kier molecular flexibility index (Phi) is 2.65. The molecule has 0 amide bonds. The molecule has 76 valence electrons. The largest absolute Gasteiger partial charge is 0.307 e. The number of hydrogen-bond donors (Lipinski definition) is 0. The topological polar surface area (TPSA) is 17.3 Å². The van der Waals surface area contributed by atoms with Crippen LogP contribution >= 0.6 is 0 Å². The summed E-state index contributed by atoms with van der Waals surface area (Å²) in [6.07, 6.45) is 5.84. The minimum absolute atomic E-state index is 0. The lowest BCUT2D eigenvalue weighted by atomic mass is 9.88. The van der Waals surface area contributed by atoms with Crippen LogP contribution < -0.4 is 0 Å². The van der Waals surface area contributed by atoms with E-state index in [1.54, 1.807) is 0 Å². The molecule has 0 fully saturated rings. The molecule has 0 bridgehead atoms. The first kappa shape index (κ1) is 10.8. The summed E-state index contributed by atoms with van der Waals surface area (Å²) in [4.78, 5) is 4.26. The molecular weight excluding hydrogens is 172 g/mol. The maximum Gasteiger partial charge on any atom is 0.136 e. The highest BCUT2D eigenvalue weighted by Gasteiger charge is 2.13. The standard InChI is InChI=1S/C11H14N2.CH4/c1-11(2,3)9-4-6-13-7-5-12-10(13)8-9;/h4-8H,1-3H3;1H4. The van der Waals surface area contributed by atoms with Crippen LogP contribution in [0.5, 0.6) is 0 Å². The average molecular weight is 190 g/mol. The number of hydrogen-bond acceptors (Lipinski definition) is 1. The lowest BCUT2D eigenvalue weighted by molar-refractivity contribution is 0.589. The van der Waals surface area contributed by atoms with Gasteiger partial charge in [0.1, 0.15) is 5.65 Å². The average Bonchev–Trinajstić information content (AvgIpc) is 2.47. The van der Waals surface area contributed by atoms with E-state index in [2.05, 4.69) is 44.1 Å². The molecule has 14 heavy (non-hydrogen) atoms. The number of rotatable bonds is 0. The van der Waals surface area contributed by atoms with Gasteiger partial charge in [-0.2, -0.15) is 0 Å². The van der Waals surface area contributed by atoms with Crippen molar-refractivity contribution in [3.05, 3.63) is 36.3 Å². The monoisotopic (exact) mass is 190 g/mol. The van der Waals surface area contributed by atoms with Crippen molar-refractivity contribution < 1.29 is 0 Å². The molecular formula is C12H18N2. The second kappa shape index (κ2) is 3.45. The SMILES string of the molecule is C.CC(C)(C)c1ccn2ccnc2c1. The third-order valence-electron chi connectivity index (χ3n) is 2.26. The summed E-state index contributed by atoms with van der Waals surface area (Å²) in [6.45, 7) is 6.63. The molecule has 2 aromatic heterocycles. The summed E-state index contributed by atoms with van der Waals surface area (Å²) in [7, 11) is 0. The maximum absolute atomic E-state index is 4.26. The minimum atomic E-state index is 0. The van der Waals surface area contributed by atoms with E-state index in [4.69, 9.17) is 0 Å². The molecule has 0 aliphatic heterocycles. The van der Waals surface area contributed by atoms with E-state index < -0.39 is 0 Å². The molecule has 0 atom stereocenters. The summed E-state index contributed by atoms with van der Waals surface area (Å²) >= 11 is 0. The fourth-order valence-corrected chi connectivity index (χ4v) is 1.38. The molecule has 0 spiro atoms. The third-order valence-corrected chi connectivity index (χ3v) is 2.26. The summed E-state index contributed by atoms with van der Waals surface area (Å²) in [5.41, 5.74) is 2.55. The van der Waals surface area contributed by atoms with Crippen molar-refractivity contribution in [3.63, 3.8) is 0 Å². The van der Waals surface area contributed by atoms with Crippen LogP contribution in [-0.2, 0) is 5.41 Å². The van der Waals surface area contributed by atoms with Gasteiger partial charge in [0, 0.05) is 18.6 Å². The highest BCUT2D eigenvalue weighted by atomic mass is 15.0. The van der Waals surface area contributed by atoms with Crippen molar-refractivity contribution in [3.8, 4) is 0 Å². The van der Waals surface area contributed by atoms with Gasteiger partial charge < -0.3 is 4.40 Å². The van der Waals surface area contributed by atoms with Crippen LogP contribution in [0.25, 0.3) is 5.65 Å². The first-order valence-corrected chi connectivity index (χ1v) is 4.50. The van der Waals surface area contributed by atoms with E-state index in [0.717, 1.165) is 5.65 Å². The quantitative estimate of drug-likeness (QED) is 0.623. The van der Waals surface area contributed by atoms with E-state index in [1.165, 1.54) is 5.56 Å². The zero-order valence-corrected chi connectivity index (χ0v) is 8.28. The van der Waals surface area contributed by atoms with Crippen molar-refractivity contribution in [1.82, 2.24) is 9.38 Å². The number of aromatic nitrogens is 2. The van der Waals surface area contributed by atoms with Crippen molar-refractivity contribution in [1.29, 1.82) is 0 Å². The summed E-state index contributed by atoms with van der Waals surface area (Å²) in [5, 5.41) is 0. The Hall–Kier alpha value is -1.31. The van der Waals surface area contributed by atoms with Crippen molar-refractivity contribution >= 4 is 5.65 Å². The van der Waals surface area contributed by atoms with Crippen LogP contribution in [0.2, 0.25) is 0 Å². The summed E-state index contributed by atoms with van der Waals surface area (Å²) < 4.78 is 2.02. The molecule has 2 aromatic rings. The van der Waals surface area contributed by atoms with Crippen LogP contribution in [0.4, 0.5) is 0 Å². The predicted octanol–water partition coefficient (Wildman–Crippen LogP) is 3.27. The Balaban J connectivity index is 0.000000980. The van der Waals surface area contributed by atoms with E-state index in [-0.39, 0.29) is 12.8 Å². The Labute approximate surface area is 85.6 Å². The van der Waals surface area contributed by atoms with Crippen molar-refractivity contribution in [2.45, 2.75) is 33.6 Å². The van der Waals surface area contributed by atoms with E-state index in [9.17, 15) is 0 Å². The van der Waals surface area contributed by atoms with Crippen LogP contribution in [0.3, 0.4) is 0 Å². The Morgan fingerprint density at radius 1 is 1.21 bits per heavy atom. The van der Waals surface area contributed by atoms with E-state index >= 15 is 0 Å². The minimum Gasteiger partial charge on any atom is -0.307 e. The molecule has 2 nitrogen and oxygen atoms in total. The van der Waals surface area contributed by atoms with Gasteiger partial charge in [0.15, 0.2) is 0 Å². The molecule has 0 saturated carbocycles. The van der Waals surface area contributed by atoms with Gasteiger partial charge in [-0.25, -0.2) is 4.98 Å². The molecule has 0 aliphatic rings. The first-order chi connectivity index (χ1) is 6.07. The fourth-order valence-electron chi connectivity index (χ4n) is 1.38. The molecule has 0 saturated heterocycles. The molecule has 0 N–H and O–H groups in total. The second-order valence-corrected chi connectivity index (χ2v) is 4.36. The molecule has 0 unspecified atom stereocenters. The number of imidazole rings is 1. The fraction of sp³-hybridized carbons (Fsp3) is 0.417. The van der Waals surface area contributed by atoms with E-state index in [0.29, 0.717) is 0 Å². The van der Waals surface area contributed by atoms with Gasteiger partial charge in [-0.05, 0) is 23.1 Å². The highest BCUT2D eigenvalue weighted by molar-refractivity contribution is 5.43. The van der Waals surface area contributed by atoms with Crippen molar-refractivity contribution in [2.75, 3.05) is 0 Å². The zero-order valence-electron chi connectivity index (χ0n) is 8.28. The summed E-state index contributed by atoms with van der Waals surface area (Å²) in [5.74, 6) is 0. The van der Waals surface area contributed by atoms with Gasteiger partial charge in [-0.15, -0.1) is 0 Å². The molecule has 0 aliphatic carbocycles. The number of fused-ring (bicyclic) bond motifs is 1. The molecule has 0 radical (unpaired) electrons. The van der Waals surface area contributed by atoms with Crippen LogP contribution in [0, 0.1) is 0 Å². The smallest absolute Gasteiger partial charge is 0.136 e. The van der Waals surface area contributed by atoms with Gasteiger partial charge in [-0.1, -0.05) is 28.2 Å². The van der Waals surface area contributed by atoms with Crippen LogP contribution in [-0.4, -0.2) is 9.38 Å².